The predicted molar refractivity (Wildman–Crippen MR) is 64.2 cm³/mol. The minimum absolute atomic E-state index is 0.238. The molecule has 1 atom stereocenters. The number of carbonyl (C=O) groups is 1. The summed E-state index contributed by atoms with van der Waals surface area (Å²) in [4.78, 5) is 13.7. The first kappa shape index (κ1) is 12.8. The van der Waals surface area contributed by atoms with Crippen molar-refractivity contribution in [3.63, 3.8) is 0 Å². The maximum atomic E-state index is 11.7. The highest BCUT2D eigenvalue weighted by Crippen LogP contribution is 2.22. The van der Waals surface area contributed by atoms with Crippen LogP contribution in [-0.4, -0.2) is 29.8 Å². The summed E-state index contributed by atoms with van der Waals surface area (Å²) in [6.45, 7) is 4.12. The molecule has 0 aliphatic carbocycles. The van der Waals surface area contributed by atoms with Crippen molar-refractivity contribution in [2.45, 2.75) is 45.4 Å². The second kappa shape index (κ2) is 7.10. The normalized spacial score (nSPS) is 22.5. The minimum Gasteiger partial charge on any atom is -0.343 e. The molecule has 0 radical (unpaired) electrons. The lowest BCUT2D eigenvalue weighted by atomic mass is 9.96. The summed E-state index contributed by atoms with van der Waals surface area (Å²) in [7, 11) is 0. The van der Waals surface area contributed by atoms with E-state index in [1.54, 1.807) is 0 Å². The van der Waals surface area contributed by atoms with Gasteiger partial charge in [-0.15, -0.1) is 11.6 Å². The maximum Gasteiger partial charge on any atom is 0.223 e. The SMILES string of the molecule is CCCC1CCCN(C(=O)CCCl)CC1. The van der Waals surface area contributed by atoms with E-state index in [1.165, 1.54) is 32.1 Å². The van der Waals surface area contributed by atoms with E-state index in [-0.39, 0.29) is 5.91 Å². The Morgan fingerprint density at radius 1 is 1.40 bits per heavy atom. The fourth-order valence-electron chi connectivity index (χ4n) is 2.35. The number of amides is 1. The summed E-state index contributed by atoms with van der Waals surface area (Å²) in [6, 6.07) is 0. The van der Waals surface area contributed by atoms with Crippen molar-refractivity contribution in [2.75, 3.05) is 19.0 Å². The van der Waals surface area contributed by atoms with Crippen LogP contribution in [0.25, 0.3) is 0 Å². The van der Waals surface area contributed by atoms with E-state index in [0.717, 1.165) is 19.0 Å². The Balaban J connectivity index is 2.35. The second-order valence-corrected chi connectivity index (χ2v) is 4.78. The van der Waals surface area contributed by atoms with Gasteiger partial charge in [-0.05, 0) is 25.2 Å². The number of rotatable bonds is 4. The second-order valence-electron chi connectivity index (χ2n) is 4.41. The third kappa shape index (κ3) is 4.42. The van der Waals surface area contributed by atoms with Crippen LogP contribution in [0.15, 0.2) is 0 Å². The van der Waals surface area contributed by atoms with Gasteiger partial charge in [0.1, 0.15) is 0 Å². The topological polar surface area (TPSA) is 20.3 Å². The average molecular weight is 232 g/mol. The molecule has 2 nitrogen and oxygen atoms in total. The van der Waals surface area contributed by atoms with E-state index in [0.29, 0.717) is 12.3 Å². The summed E-state index contributed by atoms with van der Waals surface area (Å²) < 4.78 is 0. The van der Waals surface area contributed by atoms with Crippen molar-refractivity contribution in [3.8, 4) is 0 Å². The molecular formula is C12H22ClNO. The standard InChI is InChI=1S/C12H22ClNO/c1-2-4-11-5-3-9-14(10-7-11)12(15)6-8-13/h11H,2-10H2,1H3. The van der Waals surface area contributed by atoms with Crippen molar-refractivity contribution < 1.29 is 4.79 Å². The molecule has 1 heterocycles. The molecule has 1 unspecified atom stereocenters. The zero-order chi connectivity index (χ0) is 11.1. The molecule has 1 aliphatic rings. The van der Waals surface area contributed by atoms with Crippen LogP contribution in [-0.2, 0) is 4.79 Å². The van der Waals surface area contributed by atoms with Crippen LogP contribution in [0.2, 0.25) is 0 Å². The van der Waals surface area contributed by atoms with Crippen molar-refractivity contribution in [1.29, 1.82) is 0 Å². The van der Waals surface area contributed by atoms with Crippen LogP contribution in [0.4, 0.5) is 0 Å². The van der Waals surface area contributed by atoms with E-state index in [2.05, 4.69) is 6.92 Å². The predicted octanol–water partition coefficient (Wildman–Crippen LogP) is 3.04. The molecule has 15 heavy (non-hydrogen) atoms. The van der Waals surface area contributed by atoms with Gasteiger partial charge in [0.05, 0.1) is 0 Å². The monoisotopic (exact) mass is 231 g/mol. The molecule has 1 aliphatic heterocycles. The molecule has 1 fully saturated rings. The molecule has 0 aromatic carbocycles. The molecule has 0 bridgehead atoms. The Labute approximate surface area is 98.0 Å². The van der Waals surface area contributed by atoms with Gasteiger partial charge >= 0.3 is 0 Å². The summed E-state index contributed by atoms with van der Waals surface area (Å²) in [5.74, 6) is 1.53. The fourth-order valence-corrected chi connectivity index (χ4v) is 2.51. The van der Waals surface area contributed by atoms with E-state index >= 15 is 0 Å². The van der Waals surface area contributed by atoms with Crippen molar-refractivity contribution in [1.82, 2.24) is 4.90 Å². The van der Waals surface area contributed by atoms with Gasteiger partial charge in [0.25, 0.3) is 0 Å². The lowest BCUT2D eigenvalue weighted by molar-refractivity contribution is -0.130. The number of likely N-dealkylation sites (tertiary alicyclic amines) is 1. The van der Waals surface area contributed by atoms with Crippen LogP contribution < -0.4 is 0 Å². The van der Waals surface area contributed by atoms with Crippen molar-refractivity contribution >= 4 is 17.5 Å². The van der Waals surface area contributed by atoms with Crippen LogP contribution in [0, 0.1) is 5.92 Å². The number of hydrogen-bond acceptors (Lipinski definition) is 1. The third-order valence-electron chi connectivity index (χ3n) is 3.21. The smallest absolute Gasteiger partial charge is 0.223 e. The molecule has 0 saturated carbocycles. The van der Waals surface area contributed by atoms with Gasteiger partial charge < -0.3 is 4.90 Å². The highest BCUT2D eigenvalue weighted by molar-refractivity contribution is 6.18. The quantitative estimate of drug-likeness (QED) is 0.681. The van der Waals surface area contributed by atoms with Gasteiger partial charge in [0.2, 0.25) is 5.91 Å². The lowest BCUT2D eigenvalue weighted by Crippen LogP contribution is -2.32. The van der Waals surface area contributed by atoms with E-state index in [9.17, 15) is 4.79 Å². The number of hydrogen-bond donors (Lipinski definition) is 0. The Morgan fingerprint density at radius 3 is 2.87 bits per heavy atom. The molecular weight excluding hydrogens is 210 g/mol. The average Bonchev–Trinajstić information content (AvgIpc) is 2.44. The molecule has 88 valence electrons. The molecule has 0 spiro atoms. The highest BCUT2D eigenvalue weighted by Gasteiger charge is 2.19. The fraction of sp³-hybridized carbons (Fsp3) is 0.917. The summed E-state index contributed by atoms with van der Waals surface area (Å²) in [5, 5.41) is 0. The van der Waals surface area contributed by atoms with Crippen molar-refractivity contribution in [3.05, 3.63) is 0 Å². The lowest BCUT2D eigenvalue weighted by Gasteiger charge is -2.20. The van der Waals surface area contributed by atoms with E-state index < -0.39 is 0 Å². The van der Waals surface area contributed by atoms with Crippen LogP contribution in [0.3, 0.4) is 0 Å². The molecule has 1 saturated heterocycles. The van der Waals surface area contributed by atoms with Gasteiger partial charge in [-0.1, -0.05) is 19.8 Å². The zero-order valence-electron chi connectivity index (χ0n) is 9.67. The molecule has 0 aromatic rings. The first-order chi connectivity index (χ1) is 7.27. The van der Waals surface area contributed by atoms with Crippen LogP contribution >= 0.6 is 11.6 Å². The Kier molecular flexibility index (Phi) is 6.07. The van der Waals surface area contributed by atoms with Gasteiger partial charge in [0, 0.05) is 25.4 Å². The number of carbonyl (C=O) groups excluding carboxylic acids is 1. The third-order valence-corrected chi connectivity index (χ3v) is 3.39. The van der Waals surface area contributed by atoms with Gasteiger partial charge in [-0.2, -0.15) is 0 Å². The van der Waals surface area contributed by atoms with Crippen molar-refractivity contribution in [2.24, 2.45) is 5.92 Å². The summed E-state index contributed by atoms with van der Waals surface area (Å²) >= 11 is 5.59. The number of nitrogens with zero attached hydrogens (tertiary/aromatic N) is 1. The highest BCUT2D eigenvalue weighted by atomic mass is 35.5. The molecule has 1 amide bonds. The molecule has 1 rings (SSSR count). The summed E-state index contributed by atoms with van der Waals surface area (Å²) in [6.07, 6.45) is 6.72. The molecule has 0 N–H and O–H groups in total. The Bertz CT molecular complexity index is 196. The van der Waals surface area contributed by atoms with E-state index in [4.69, 9.17) is 11.6 Å². The largest absolute Gasteiger partial charge is 0.343 e. The Morgan fingerprint density at radius 2 is 2.20 bits per heavy atom. The minimum atomic E-state index is 0.238. The van der Waals surface area contributed by atoms with Crippen LogP contribution in [0.1, 0.15) is 45.4 Å². The first-order valence-electron chi connectivity index (χ1n) is 6.11. The molecule has 3 heteroatoms. The maximum absolute atomic E-state index is 11.7. The van der Waals surface area contributed by atoms with Gasteiger partial charge in [-0.3, -0.25) is 4.79 Å². The number of alkyl halides is 1. The first-order valence-corrected chi connectivity index (χ1v) is 6.65. The molecule has 0 aromatic heterocycles. The zero-order valence-corrected chi connectivity index (χ0v) is 10.4. The van der Waals surface area contributed by atoms with Gasteiger partial charge in [-0.25, -0.2) is 0 Å². The van der Waals surface area contributed by atoms with E-state index in [1.807, 2.05) is 4.90 Å². The Hall–Kier alpha value is -0.240. The number of halogens is 1. The van der Waals surface area contributed by atoms with Crippen LogP contribution in [0.5, 0.6) is 0 Å². The summed E-state index contributed by atoms with van der Waals surface area (Å²) in [5.41, 5.74) is 0. The van der Waals surface area contributed by atoms with Gasteiger partial charge in [0.15, 0.2) is 0 Å².